The Morgan fingerprint density at radius 2 is 1.67 bits per heavy atom. The van der Waals surface area contributed by atoms with Crippen LogP contribution in [0.3, 0.4) is 0 Å². The molecule has 2 rings (SSSR count). The lowest BCUT2D eigenvalue weighted by molar-refractivity contribution is -0.0794. The second-order valence-electron chi connectivity index (χ2n) is 7.70. The molecule has 0 bridgehead atoms. The maximum absolute atomic E-state index is 9.74. The van der Waals surface area contributed by atoms with Gasteiger partial charge in [-0.3, -0.25) is 4.90 Å². The molecule has 0 aliphatic carbocycles. The molecule has 0 amide bonds. The molecule has 4 atom stereocenters. The van der Waals surface area contributed by atoms with Gasteiger partial charge in [-0.15, -0.1) is 0 Å². The lowest BCUT2D eigenvalue weighted by Crippen LogP contribution is -2.51. The number of aliphatic hydroxyl groups is 2. The number of likely N-dealkylation sites (tertiary alicyclic amines) is 1. The molecule has 5 nitrogen and oxygen atoms in total. The zero-order valence-electron chi connectivity index (χ0n) is 14.1. The number of nitrogens with zero attached hydrogens (tertiary/aromatic N) is 1. The third-order valence-corrected chi connectivity index (χ3v) is 4.97. The monoisotopic (exact) mass is 300 g/mol. The Balaban J connectivity index is 2.09. The van der Waals surface area contributed by atoms with Crippen molar-refractivity contribution < 1.29 is 14.9 Å². The molecular formula is C16H32N2O3. The third-order valence-electron chi connectivity index (χ3n) is 4.97. The normalized spacial score (nSPS) is 39.0. The maximum Gasteiger partial charge on any atom is 0.0938 e. The molecule has 0 aromatic heterocycles. The Morgan fingerprint density at radius 1 is 1.10 bits per heavy atom. The number of aliphatic hydroxyl groups excluding tert-OH is 2. The number of hydrogen-bond donors (Lipinski definition) is 3. The molecule has 0 spiro atoms. The van der Waals surface area contributed by atoms with Crippen LogP contribution in [-0.4, -0.2) is 70.7 Å². The quantitative estimate of drug-likeness (QED) is 0.694. The first-order valence-electron chi connectivity index (χ1n) is 8.19. The predicted molar refractivity (Wildman–Crippen MR) is 83.3 cm³/mol. The van der Waals surface area contributed by atoms with Gasteiger partial charge in [0.1, 0.15) is 0 Å². The van der Waals surface area contributed by atoms with Gasteiger partial charge in [0, 0.05) is 31.6 Å². The van der Waals surface area contributed by atoms with E-state index in [1.165, 1.54) is 0 Å². The number of ether oxygens (including phenoxy) is 1. The van der Waals surface area contributed by atoms with E-state index in [1.807, 2.05) is 0 Å². The van der Waals surface area contributed by atoms with E-state index in [0.717, 1.165) is 19.5 Å². The average molecular weight is 300 g/mol. The predicted octanol–water partition coefficient (Wildman–Crippen LogP) is 0.596. The van der Waals surface area contributed by atoms with E-state index < -0.39 is 12.2 Å². The fraction of sp³-hybridized carbons (Fsp3) is 1.00. The van der Waals surface area contributed by atoms with Gasteiger partial charge in [-0.1, -0.05) is 6.92 Å². The zero-order valence-corrected chi connectivity index (χ0v) is 14.1. The molecule has 124 valence electrons. The van der Waals surface area contributed by atoms with Crippen LogP contribution in [-0.2, 0) is 4.74 Å². The van der Waals surface area contributed by atoms with Crippen molar-refractivity contribution in [2.24, 2.45) is 5.92 Å². The van der Waals surface area contributed by atoms with Gasteiger partial charge in [0.05, 0.1) is 23.4 Å². The molecule has 0 radical (unpaired) electrons. The van der Waals surface area contributed by atoms with E-state index in [-0.39, 0.29) is 17.2 Å². The summed E-state index contributed by atoms with van der Waals surface area (Å²) in [6, 6.07) is 0.280. The Bertz CT molecular complexity index is 349. The summed E-state index contributed by atoms with van der Waals surface area (Å²) in [7, 11) is 0. The summed E-state index contributed by atoms with van der Waals surface area (Å²) < 4.78 is 6.31. The number of rotatable bonds is 5. The standard InChI is InChI=1S/C16H32N2O3/c1-6-7-17-14-11(15(2,3)21-16(14,4)5)8-18-9-12(19)13(20)10-18/h11-14,17,19-20H,6-10H2,1-5H3. The summed E-state index contributed by atoms with van der Waals surface area (Å²) in [5, 5.41) is 23.1. The van der Waals surface area contributed by atoms with E-state index in [1.54, 1.807) is 0 Å². The second kappa shape index (κ2) is 6.13. The Hall–Kier alpha value is -0.200. The minimum atomic E-state index is -0.620. The smallest absolute Gasteiger partial charge is 0.0938 e. The van der Waals surface area contributed by atoms with Gasteiger partial charge >= 0.3 is 0 Å². The van der Waals surface area contributed by atoms with Gasteiger partial charge in [-0.05, 0) is 40.7 Å². The molecule has 3 N–H and O–H groups in total. The van der Waals surface area contributed by atoms with Crippen molar-refractivity contribution in [1.29, 1.82) is 0 Å². The fourth-order valence-electron chi connectivity index (χ4n) is 3.99. The Labute approximate surface area is 128 Å². The van der Waals surface area contributed by atoms with Gasteiger partial charge in [-0.25, -0.2) is 0 Å². The topological polar surface area (TPSA) is 65.0 Å². The average Bonchev–Trinajstić information content (AvgIpc) is 2.73. The highest BCUT2D eigenvalue weighted by Crippen LogP contribution is 2.42. The van der Waals surface area contributed by atoms with Crippen molar-refractivity contribution in [1.82, 2.24) is 10.2 Å². The van der Waals surface area contributed by atoms with Crippen LogP contribution in [0, 0.1) is 5.92 Å². The summed E-state index contributed by atoms with van der Waals surface area (Å²) in [6.45, 7) is 13.7. The van der Waals surface area contributed by atoms with Gasteiger partial charge in [0.2, 0.25) is 0 Å². The van der Waals surface area contributed by atoms with E-state index in [9.17, 15) is 10.2 Å². The van der Waals surface area contributed by atoms with Crippen LogP contribution in [0.25, 0.3) is 0 Å². The minimum Gasteiger partial charge on any atom is -0.389 e. The maximum atomic E-state index is 9.74. The second-order valence-corrected chi connectivity index (χ2v) is 7.70. The molecule has 21 heavy (non-hydrogen) atoms. The van der Waals surface area contributed by atoms with Crippen molar-refractivity contribution in [3.05, 3.63) is 0 Å². The van der Waals surface area contributed by atoms with Gasteiger partial charge < -0.3 is 20.3 Å². The highest BCUT2D eigenvalue weighted by atomic mass is 16.5. The van der Waals surface area contributed by atoms with Gasteiger partial charge in [-0.2, -0.15) is 0 Å². The molecule has 2 saturated heterocycles. The fourth-order valence-corrected chi connectivity index (χ4v) is 3.99. The summed E-state index contributed by atoms with van der Waals surface area (Å²) >= 11 is 0. The first-order valence-corrected chi connectivity index (χ1v) is 8.19. The Kier molecular flexibility index (Phi) is 5.01. The molecule has 0 aromatic rings. The highest BCUT2D eigenvalue weighted by molar-refractivity contribution is 5.06. The van der Waals surface area contributed by atoms with E-state index in [0.29, 0.717) is 19.0 Å². The number of nitrogens with one attached hydrogen (secondary N) is 1. The molecule has 2 aliphatic rings. The molecule has 0 saturated carbocycles. The lowest BCUT2D eigenvalue weighted by Gasteiger charge is -2.33. The van der Waals surface area contributed by atoms with Crippen molar-refractivity contribution in [3.8, 4) is 0 Å². The molecule has 5 heteroatoms. The van der Waals surface area contributed by atoms with Crippen LogP contribution < -0.4 is 5.32 Å². The van der Waals surface area contributed by atoms with E-state index >= 15 is 0 Å². The van der Waals surface area contributed by atoms with Crippen LogP contribution in [0.1, 0.15) is 41.0 Å². The third kappa shape index (κ3) is 3.59. The SMILES string of the molecule is CCCNC1C(CN2CC(O)C(O)C2)C(C)(C)OC1(C)C. The molecule has 4 unspecified atom stereocenters. The minimum absolute atomic E-state index is 0.208. The van der Waals surface area contributed by atoms with E-state index in [4.69, 9.17) is 4.74 Å². The first-order chi connectivity index (χ1) is 9.67. The molecule has 2 fully saturated rings. The zero-order chi connectivity index (χ0) is 15.8. The summed E-state index contributed by atoms with van der Waals surface area (Å²) in [5.74, 6) is 0.330. The van der Waals surface area contributed by atoms with Crippen LogP contribution >= 0.6 is 0 Å². The molecular weight excluding hydrogens is 268 g/mol. The number of hydrogen-bond acceptors (Lipinski definition) is 5. The van der Waals surface area contributed by atoms with Crippen molar-refractivity contribution in [2.75, 3.05) is 26.2 Å². The van der Waals surface area contributed by atoms with Gasteiger partial charge in [0.15, 0.2) is 0 Å². The Morgan fingerprint density at radius 3 is 2.19 bits per heavy atom. The van der Waals surface area contributed by atoms with Crippen LogP contribution in [0.5, 0.6) is 0 Å². The largest absolute Gasteiger partial charge is 0.389 e. The number of β-amino-alcohol motifs (C(OH)–C–C–N with tert-alkyl or cyclic N) is 2. The summed E-state index contributed by atoms with van der Waals surface area (Å²) in [5.41, 5.74) is -0.423. The van der Waals surface area contributed by atoms with Crippen LogP contribution in [0.2, 0.25) is 0 Å². The summed E-state index contributed by atoms with van der Waals surface area (Å²) in [6.07, 6.45) is -0.142. The van der Waals surface area contributed by atoms with E-state index in [2.05, 4.69) is 44.8 Å². The lowest BCUT2D eigenvalue weighted by atomic mass is 9.82. The van der Waals surface area contributed by atoms with Crippen molar-refractivity contribution in [2.45, 2.75) is 70.5 Å². The molecule has 2 aliphatic heterocycles. The van der Waals surface area contributed by atoms with Gasteiger partial charge in [0.25, 0.3) is 0 Å². The first kappa shape index (κ1) is 17.2. The van der Waals surface area contributed by atoms with Crippen molar-refractivity contribution in [3.63, 3.8) is 0 Å². The van der Waals surface area contributed by atoms with Crippen LogP contribution in [0.15, 0.2) is 0 Å². The molecule has 2 heterocycles. The highest BCUT2D eigenvalue weighted by Gasteiger charge is 2.54. The van der Waals surface area contributed by atoms with Crippen molar-refractivity contribution >= 4 is 0 Å². The molecule has 0 aromatic carbocycles. The summed E-state index contributed by atoms with van der Waals surface area (Å²) in [4.78, 5) is 2.16. The van der Waals surface area contributed by atoms with Crippen LogP contribution in [0.4, 0.5) is 0 Å².